The largest absolute Gasteiger partial charge is 0.480 e. The molecule has 0 saturated carbocycles. The minimum Gasteiger partial charge on any atom is -0.480 e. The Hall–Kier alpha value is -2.40. The lowest BCUT2D eigenvalue weighted by Crippen LogP contribution is -2.77. The maximum atomic E-state index is 12.2. The number of benzene rings is 2. The van der Waals surface area contributed by atoms with Crippen LogP contribution >= 0.6 is 0 Å². The molecule has 1 fully saturated rings. The van der Waals surface area contributed by atoms with E-state index in [0.29, 0.717) is 0 Å². The molecule has 2 aromatic carbocycles. The van der Waals surface area contributed by atoms with Gasteiger partial charge < -0.3 is 9.67 Å². The van der Waals surface area contributed by atoms with Gasteiger partial charge in [-0.3, -0.25) is 9.59 Å². The SMILES string of the molecule is C[Si](c1ccccc1)(c1ccccc1)N1C(=O)C[C@H]1C(=O)O. The first-order valence-electron chi connectivity index (χ1n) is 7.21. The summed E-state index contributed by atoms with van der Waals surface area (Å²) < 4.78 is 1.62. The third kappa shape index (κ3) is 2.14. The van der Waals surface area contributed by atoms with Crippen LogP contribution in [0, 0.1) is 0 Å². The fraction of sp³-hybridized carbons (Fsp3) is 0.176. The van der Waals surface area contributed by atoms with Gasteiger partial charge in [-0.1, -0.05) is 60.7 Å². The molecule has 1 amide bonds. The van der Waals surface area contributed by atoms with Gasteiger partial charge in [-0.2, -0.15) is 0 Å². The van der Waals surface area contributed by atoms with E-state index in [-0.39, 0.29) is 12.3 Å². The quantitative estimate of drug-likeness (QED) is 0.678. The number of carboxylic acid groups (broad SMARTS) is 1. The van der Waals surface area contributed by atoms with Gasteiger partial charge in [0, 0.05) is 0 Å². The van der Waals surface area contributed by atoms with Crippen molar-refractivity contribution < 1.29 is 14.7 Å². The summed E-state index contributed by atoms with van der Waals surface area (Å²) >= 11 is 0. The second-order valence-electron chi connectivity index (χ2n) is 5.63. The van der Waals surface area contributed by atoms with Crippen molar-refractivity contribution in [3.63, 3.8) is 0 Å². The molecule has 0 aromatic heterocycles. The van der Waals surface area contributed by atoms with Crippen LogP contribution in [0.3, 0.4) is 0 Å². The molecule has 0 spiro atoms. The van der Waals surface area contributed by atoms with Crippen molar-refractivity contribution in [2.75, 3.05) is 0 Å². The molecule has 5 heteroatoms. The normalized spacial score (nSPS) is 18.0. The van der Waals surface area contributed by atoms with Crippen LogP contribution in [-0.4, -0.2) is 35.8 Å². The Morgan fingerprint density at radius 2 is 1.50 bits per heavy atom. The van der Waals surface area contributed by atoms with Gasteiger partial charge in [-0.05, 0) is 16.9 Å². The maximum Gasteiger partial charge on any atom is 0.326 e. The van der Waals surface area contributed by atoms with E-state index >= 15 is 0 Å². The number of rotatable bonds is 4. The molecule has 1 aliphatic rings. The van der Waals surface area contributed by atoms with Gasteiger partial charge in [0.25, 0.3) is 0 Å². The fourth-order valence-electron chi connectivity index (χ4n) is 3.15. The standard InChI is InChI=1S/C17H17NO3Si/c1-22(13-8-4-2-5-9-13,14-10-6-3-7-11-14)18-15(17(20)21)12-16(18)19/h2-11,15H,12H2,1H3,(H,20,21)/t15-/m0/s1. The predicted octanol–water partition coefficient (Wildman–Crippen LogP) is 1.06. The highest BCUT2D eigenvalue weighted by atomic mass is 28.3. The first-order valence-corrected chi connectivity index (χ1v) is 9.66. The van der Waals surface area contributed by atoms with Gasteiger partial charge in [-0.25, -0.2) is 0 Å². The Bertz CT molecular complexity index is 663. The summed E-state index contributed by atoms with van der Waals surface area (Å²) in [6.07, 6.45) is 0.0948. The van der Waals surface area contributed by atoms with Crippen molar-refractivity contribution >= 4 is 30.5 Å². The van der Waals surface area contributed by atoms with Crippen LogP contribution < -0.4 is 10.4 Å². The summed E-state index contributed by atoms with van der Waals surface area (Å²) in [6, 6.07) is 18.8. The number of amides is 1. The molecule has 4 nitrogen and oxygen atoms in total. The fourth-order valence-corrected chi connectivity index (χ4v) is 7.13. The second-order valence-corrected chi connectivity index (χ2v) is 9.41. The predicted molar refractivity (Wildman–Crippen MR) is 86.7 cm³/mol. The average molecular weight is 311 g/mol. The third-order valence-corrected chi connectivity index (χ3v) is 8.83. The molecule has 0 aliphatic carbocycles. The van der Waals surface area contributed by atoms with Gasteiger partial charge in [0.2, 0.25) is 14.1 Å². The van der Waals surface area contributed by atoms with Crippen LogP contribution in [0.1, 0.15) is 6.42 Å². The van der Waals surface area contributed by atoms with Crippen LogP contribution in [0.5, 0.6) is 0 Å². The molecular weight excluding hydrogens is 294 g/mol. The summed E-state index contributed by atoms with van der Waals surface area (Å²) in [7, 11) is -2.60. The number of aliphatic carboxylic acids is 1. The molecule has 0 unspecified atom stereocenters. The van der Waals surface area contributed by atoms with Crippen LogP contribution in [0.2, 0.25) is 6.55 Å². The van der Waals surface area contributed by atoms with E-state index in [1.807, 2.05) is 67.2 Å². The van der Waals surface area contributed by atoms with E-state index in [0.717, 1.165) is 10.4 Å². The summed E-state index contributed by atoms with van der Waals surface area (Å²) in [5, 5.41) is 11.5. The van der Waals surface area contributed by atoms with Crippen molar-refractivity contribution in [1.29, 1.82) is 0 Å². The lowest BCUT2D eigenvalue weighted by molar-refractivity contribution is -0.156. The van der Waals surface area contributed by atoms with E-state index < -0.39 is 20.2 Å². The molecule has 0 radical (unpaired) electrons. The summed E-state index contributed by atoms with van der Waals surface area (Å²) in [6.45, 7) is 2.05. The number of carbonyl (C=O) groups is 2. The Kier molecular flexibility index (Phi) is 3.58. The third-order valence-electron chi connectivity index (χ3n) is 4.39. The van der Waals surface area contributed by atoms with Gasteiger partial charge in [-0.15, -0.1) is 0 Å². The minimum atomic E-state index is -2.60. The number of hydrogen-bond donors (Lipinski definition) is 1. The van der Waals surface area contributed by atoms with Crippen molar-refractivity contribution in [2.45, 2.75) is 19.0 Å². The van der Waals surface area contributed by atoms with Crippen LogP contribution in [0.25, 0.3) is 0 Å². The summed E-state index contributed by atoms with van der Waals surface area (Å²) in [4.78, 5) is 23.7. The monoisotopic (exact) mass is 311 g/mol. The number of hydrogen-bond acceptors (Lipinski definition) is 2. The summed E-state index contributed by atoms with van der Waals surface area (Å²) in [5.74, 6) is -1.00. The molecule has 112 valence electrons. The maximum absolute atomic E-state index is 12.2. The van der Waals surface area contributed by atoms with E-state index in [1.54, 1.807) is 4.57 Å². The highest BCUT2D eigenvalue weighted by Crippen LogP contribution is 2.27. The highest BCUT2D eigenvalue weighted by Gasteiger charge is 2.53. The second kappa shape index (κ2) is 5.42. The van der Waals surface area contributed by atoms with Crippen molar-refractivity contribution in [3.8, 4) is 0 Å². The first-order chi connectivity index (χ1) is 10.5. The zero-order valence-corrected chi connectivity index (χ0v) is 13.3. The molecule has 1 heterocycles. The van der Waals surface area contributed by atoms with Crippen molar-refractivity contribution in [1.82, 2.24) is 4.57 Å². The molecule has 1 atom stereocenters. The lowest BCUT2D eigenvalue weighted by Gasteiger charge is -2.49. The molecule has 3 rings (SSSR count). The topological polar surface area (TPSA) is 57.6 Å². The Balaban J connectivity index is 2.16. The number of carbonyl (C=O) groups excluding carboxylic acids is 1. The van der Waals surface area contributed by atoms with Gasteiger partial charge >= 0.3 is 5.97 Å². The lowest BCUT2D eigenvalue weighted by atomic mass is 10.1. The zero-order valence-electron chi connectivity index (χ0n) is 12.3. The van der Waals surface area contributed by atoms with Crippen LogP contribution in [0.4, 0.5) is 0 Å². The Morgan fingerprint density at radius 3 is 1.86 bits per heavy atom. The molecular formula is C17H17NO3Si. The highest BCUT2D eigenvalue weighted by molar-refractivity contribution is 7.00. The first kappa shape index (κ1) is 14.5. The van der Waals surface area contributed by atoms with E-state index in [9.17, 15) is 14.7 Å². The molecule has 1 saturated heterocycles. The van der Waals surface area contributed by atoms with Crippen molar-refractivity contribution in [3.05, 3.63) is 60.7 Å². The molecule has 1 aliphatic heterocycles. The van der Waals surface area contributed by atoms with E-state index in [4.69, 9.17) is 0 Å². The number of β-lactam (4-membered cyclic amide) rings is 1. The number of carboxylic acids is 1. The Morgan fingerprint density at radius 1 is 1.05 bits per heavy atom. The zero-order chi connectivity index (χ0) is 15.7. The van der Waals surface area contributed by atoms with Crippen LogP contribution in [0.15, 0.2) is 60.7 Å². The molecule has 1 N–H and O–H groups in total. The van der Waals surface area contributed by atoms with Crippen molar-refractivity contribution in [2.24, 2.45) is 0 Å². The Labute approximate surface area is 130 Å². The average Bonchev–Trinajstić information content (AvgIpc) is 2.53. The number of nitrogens with zero attached hydrogens (tertiary/aromatic N) is 1. The van der Waals surface area contributed by atoms with E-state index in [1.165, 1.54) is 0 Å². The minimum absolute atomic E-state index is 0.0747. The summed E-state index contributed by atoms with van der Waals surface area (Å²) in [5.41, 5.74) is 0. The smallest absolute Gasteiger partial charge is 0.326 e. The molecule has 0 bridgehead atoms. The molecule has 2 aromatic rings. The molecule has 22 heavy (non-hydrogen) atoms. The van der Waals surface area contributed by atoms with Gasteiger partial charge in [0.15, 0.2) is 0 Å². The van der Waals surface area contributed by atoms with Gasteiger partial charge in [0.05, 0.1) is 6.42 Å². The van der Waals surface area contributed by atoms with Gasteiger partial charge in [0.1, 0.15) is 6.04 Å². The van der Waals surface area contributed by atoms with Crippen LogP contribution in [-0.2, 0) is 9.59 Å². The van der Waals surface area contributed by atoms with E-state index in [2.05, 4.69) is 0 Å².